The number of carbonyl (C=O) groups excluding carboxylic acids is 1. The first-order valence-corrected chi connectivity index (χ1v) is 13.5. The van der Waals surface area contributed by atoms with Gasteiger partial charge in [-0.3, -0.25) is 4.79 Å². The first-order valence-electron chi connectivity index (χ1n) is 13.5. The molecular formula is C30H32F2N6O3. The fraction of sp³-hybridized carbons (Fsp3) is 0.333. The Morgan fingerprint density at radius 2 is 1.98 bits per heavy atom. The first kappa shape index (κ1) is 28.0. The summed E-state index contributed by atoms with van der Waals surface area (Å²) in [4.78, 5) is 38.6. The van der Waals surface area contributed by atoms with Crippen molar-refractivity contribution in [1.29, 1.82) is 0 Å². The van der Waals surface area contributed by atoms with Crippen LogP contribution in [0.4, 0.5) is 14.6 Å². The van der Waals surface area contributed by atoms with Gasteiger partial charge in [0.1, 0.15) is 23.1 Å². The van der Waals surface area contributed by atoms with Gasteiger partial charge < -0.3 is 20.2 Å². The molecule has 0 spiro atoms. The molecule has 9 nitrogen and oxygen atoms in total. The van der Waals surface area contributed by atoms with Crippen molar-refractivity contribution in [2.75, 3.05) is 24.5 Å². The van der Waals surface area contributed by atoms with E-state index in [-0.39, 0.29) is 40.8 Å². The van der Waals surface area contributed by atoms with Crippen molar-refractivity contribution in [1.82, 2.24) is 24.8 Å². The van der Waals surface area contributed by atoms with Crippen LogP contribution < -0.4 is 15.9 Å². The van der Waals surface area contributed by atoms with Crippen molar-refractivity contribution in [2.24, 2.45) is 5.92 Å². The molecule has 0 radical (unpaired) electrons. The van der Waals surface area contributed by atoms with Gasteiger partial charge in [-0.05, 0) is 61.9 Å². The summed E-state index contributed by atoms with van der Waals surface area (Å²) in [6.07, 6.45) is 4.88. The van der Waals surface area contributed by atoms with Crippen LogP contribution in [-0.4, -0.2) is 62.2 Å². The van der Waals surface area contributed by atoms with Crippen LogP contribution in [0.3, 0.4) is 0 Å². The molecule has 1 amide bonds. The van der Waals surface area contributed by atoms with Crippen LogP contribution in [0.15, 0.2) is 59.6 Å². The van der Waals surface area contributed by atoms with Gasteiger partial charge in [0, 0.05) is 25.7 Å². The minimum absolute atomic E-state index is 0.0533. The Bertz CT molecular complexity index is 1660. The molecule has 2 aliphatic rings. The Morgan fingerprint density at radius 1 is 1.22 bits per heavy atom. The number of rotatable bonds is 5. The van der Waals surface area contributed by atoms with Gasteiger partial charge in [0.15, 0.2) is 11.5 Å². The highest BCUT2D eigenvalue weighted by Crippen LogP contribution is 2.37. The van der Waals surface area contributed by atoms with Crippen molar-refractivity contribution < 1.29 is 18.7 Å². The van der Waals surface area contributed by atoms with Crippen LogP contribution in [0.1, 0.15) is 27.7 Å². The maximum atomic E-state index is 15.8. The standard InChI is InChI=1S/C30H32F2N6O3/c1-6-23(40)36-12-13-37(18(5)15-36)28-19-14-21(32)26(24-20(31)8-7-9-22(24)39)34-29(19)38(30(41)35-28)27-17(4)10-11-33-25(27)16(2)3/h6-11,14,16,18,25,33,39H,1,12-13,15H2,2-5H3/t18-,25?/m0/s1. The highest BCUT2D eigenvalue weighted by atomic mass is 19.1. The van der Waals surface area contributed by atoms with Gasteiger partial charge in [-0.25, -0.2) is 23.1 Å². The predicted molar refractivity (Wildman–Crippen MR) is 154 cm³/mol. The number of piperazine rings is 1. The van der Waals surface area contributed by atoms with E-state index < -0.39 is 34.3 Å². The molecule has 1 fully saturated rings. The molecule has 41 heavy (non-hydrogen) atoms. The summed E-state index contributed by atoms with van der Waals surface area (Å²) < 4.78 is 32.1. The maximum absolute atomic E-state index is 15.8. The minimum atomic E-state index is -0.882. The van der Waals surface area contributed by atoms with Crippen LogP contribution in [0.2, 0.25) is 0 Å². The average molecular weight is 563 g/mol. The average Bonchev–Trinajstić information content (AvgIpc) is 2.93. The fourth-order valence-corrected chi connectivity index (χ4v) is 5.58. The van der Waals surface area contributed by atoms with Crippen LogP contribution in [0.25, 0.3) is 28.0 Å². The lowest BCUT2D eigenvalue weighted by molar-refractivity contribution is -0.126. The molecule has 5 rings (SSSR count). The molecule has 214 valence electrons. The molecule has 3 aromatic rings. The number of aromatic hydroxyl groups is 1. The third-order valence-corrected chi connectivity index (χ3v) is 7.63. The number of anilines is 1. The number of allylic oxidation sites excluding steroid dienone is 2. The molecule has 11 heteroatoms. The van der Waals surface area contributed by atoms with E-state index in [0.29, 0.717) is 25.3 Å². The van der Waals surface area contributed by atoms with E-state index in [0.717, 1.165) is 11.6 Å². The Kier molecular flexibility index (Phi) is 7.37. The third-order valence-electron chi connectivity index (χ3n) is 7.63. The summed E-state index contributed by atoms with van der Waals surface area (Å²) in [5.74, 6) is -2.15. The molecule has 1 unspecified atom stereocenters. The number of amides is 1. The SMILES string of the molecule is C=CC(=O)N1CCN(c2nc(=O)n(C3=C(C)C=CNC3C(C)C)c3nc(-c4c(O)cccc4F)c(F)cc23)[C@@H](C)C1. The summed E-state index contributed by atoms with van der Waals surface area (Å²) in [7, 11) is 0. The second-order valence-electron chi connectivity index (χ2n) is 10.7. The number of halogens is 2. The van der Waals surface area contributed by atoms with Crippen molar-refractivity contribution >= 4 is 28.5 Å². The van der Waals surface area contributed by atoms with E-state index in [1.807, 2.05) is 38.7 Å². The number of aromatic nitrogens is 3. The molecule has 0 bridgehead atoms. The number of nitrogens with zero attached hydrogens (tertiary/aromatic N) is 5. The summed E-state index contributed by atoms with van der Waals surface area (Å²) in [6.45, 7) is 12.3. The van der Waals surface area contributed by atoms with E-state index in [2.05, 4.69) is 21.9 Å². The molecule has 1 saturated heterocycles. The number of hydrogen-bond donors (Lipinski definition) is 2. The lowest BCUT2D eigenvalue weighted by atomic mass is 9.95. The third kappa shape index (κ3) is 4.85. The van der Waals surface area contributed by atoms with Gasteiger partial charge in [-0.1, -0.05) is 26.5 Å². The highest BCUT2D eigenvalue weighted by molar-refractivity contribution is 5.92. The topological polar surface area (TPSA) is 104 Å². The number of carbonyl (C=O) groups is 1. The van der Waals surface area contributed by atoms with Gasteiger partial charge in [0.2, 0.25) is 5.91 Å². The molecule has 1 aromatic carbocycles. The summed E-state index contributed by atoms with van der Waals surface area (Å²) in [5.41, 5.74) is -0.00817. The van der Waals surface area contributed by atoms with Crippen LogP contribution in [0.5, 0.6) is 5.75 Å². The van der Waals surface area contributed by atoms with E-state index in [1.165, 1.54) is 28.8 Å². The number of dihydropyridines is 1. The zero-order valence-corrected chi connectivity index (χ0v) is 23.4. The van der Waals surface area contributed by atoms with Gasteiger partial charge >= 0.3 is 5.69 Å². The second kappa shape index (κ2) is 10.8. The number of fused-ring (bicyclic) bond motifs is 1. The lowest BCUT2D eigenvalue weighted by Gasteiger charge is -2.40. The zero-order valence-electron chi connectivity index (χ0n) is 23.4. The van der Waals surface area contributed by atoms with E-state index in [9.17, 15) is 19.1 Å². The summed E-state index contributed by atoms with van der Waals surface area (Å²) in [5, 5.41) is 14.0. The maximum Gasteiger partial charge on any atom is 0.355 e. The summed E-state index contributed by atoms with van der Waals surface area (Å²) >= 11 is 0. The van der Waals surface area contributed by atoms with Gasteiger partial charge in [0.05, 0.1) is 22.7 Å². The van der Waals surface area contributed by atoms with Crippen molar-refractivity contribution in [2.45, 2.75) is 39.8 Å². The minimum Gasteiger partial charge on any atom is -0.507 e. The predicted octanol–water partition coefficient (Wildman–Crippen LogP) is 4.04. The smallest absolute Gasteiger partial charge is 0.355 e. The van der Waals surface area contributed by atoms with E-state index in [4.69, 9.17) is 0 Å². The number of hydrogen-bond acceptors (Lipinski definition) is 7. The van der Waals surface area contributed by atoms with Crippen LogP contribution in [0, 0.1) is 17.6 Å². The normalized spacial score (nSPS) is 19.2. The Labute approximate surface area is 236 Å². The molecule has 2 N–H and O–H groups in total. The molecular weight excluding hydrogens is 530 g/mol. The van der Waals surface area contributed by atoms with Crippen LogP contribution in [-0.2, 0) is 4.79 Å². The van der Waals surface area contributed by atoms with Crippen LogP contribution >= 0.6 is 0 Å². The number of pyridine rings is 1. The number of phenols is 1. The molecule has 4 heterocycles. The Balaban J connectivity index is 1.80. The largest absolute Gasteiger partial charge is 0.507 e. The Hall–Kier alpha value is -4.54. The van der Waals surface area contributed by atoms with E-state index in [1.54, 1.807) is 11.1 Å². The monoisotopic (exact) mass is 562 g/mol. The molecule has 2 aliphatic heterocycles. The molecule has 0 aliphatic carbocycles. The quantitative estimate of drug-likeness (QED) is 0.453. The zero-order chi connectivity index (χ0) is 29.6. The molecule has 0 saturated carbocycles. The van der Waals surface area contributed by atoms with Crippen molar-refractivity contribution in [3.8, 4) is 17.0 Å². The molecule has 2 aromatic heterocycles. The van der Waals surface area contributed by atoms with Gasteiger partial charge in [-0.15, -0.1) is 0 Å². The fourth-order valence-electron chi connectivity index (χ4n) is 5.58. The van der Waals surface area contributed by atoms with Gasteiger partial charge in [0.25, 0.3) is 0 Å². The number of phenolic OH excluding ortho intramolecular Hbond substituents is 1. The van der Waals surface area contributed by atoms with E-state index >= 15 is 4.39 Å². The Morgan fingerprint density at radius 3 is 2.63 bits per heavy atom. The highest BCUT2D eigenvalue weighted by Gasteiger charge is 2.32. The van der Waals surface area contributed by atoms with Crippen molar-refractivity contribution in [3.63, 3.8) is 0 Å². The van der Waals surface area contributed by atoms with Gasteiger partial charge in [-0.2, -0.15) is 4.98 Å². The first-order chi connectivity index (χ1) is 19.5. The number of benzene rings is 1. The second-order valence-corrected chi connectivity index (χ2v) is 10.7. The lowest BCUT2D eigenvalue weighted by Crippen LogP contribution is -2.54. The molecule has 2 atom stereocenters. The summed E-state index contributed by atoms with van der Waals surface area (Å²) in [6, 6.07) is 4.29. The van der Waals surface area contributed by atoms with Crippen molar-refractivity contribution in [3.05, 3.63) is 76.9 Å². The number of nitrogens with one attached hydrogen (secondary N) is 1.